The predicted octanol–water partition coefficient (Wildman–Crippen LogP) is 3.18. The fourth-order valence-electron chi connectivity index (χ4n) is 4.23. The van der Waals surface area contributed by atoms with E-state index in [4.69, 9.17) is 4.74 Å². The molecule has 1 aliphatic heterocycles. The quantitative estimate of drug-likeness (QED) is 0.218. The summed E-state index contributed by atoms with van der Waals surface area (Å²) in [5.41, 5.74) is 2.35. The molecule has 0 spiro atoms. The Hall–Kier alpha value is -4.35. The molecule has 3 heterocycles. The molecule has 3 aromatic rings. The number of amides is 3. The fourth-order valence-corrected chi connectivity index (χ4v) is 4.23. The number of aromatic amines is 1. The lowest BCUT2D eigenvalue weighted by Gasteiger charge is -2.15. The second-order valence-electron chi connectivity index (χ2n) is 9.01. The second-order valence-corrected chi connectivity index (χ2v) is 9.01. The first kappa shape index (κ1) is 26.7. The molecule has 1 aromatic carbocycles. The van der Waals surface area contributed by atoms with Crippen molar-refractivity contribution in [3.63, 3.8) is 0 Å². The first-order valence-electron chi connectivity index (χ1n) is 12.8. The number of carbonyl (C=O) groups is 3. The number of aryl methyl sites for hydroxylation is 1. The van der Waals surface area contributed by atoms with E-state index >= 15 is 0 Å². The molecule has 2 aromatic heterocycles. The molecular weight excluding hydrogens is 488 g/mol. The molecule has 0 radical (unpaired) electrons. The van der Waals surface area contributed by atoms with Gasteiger partial charge in [0.05, 0.1) is 31.1 Å². The van der Waals surface area contributed by atoms with Gasteiger partial charge in [-0.15, -0.1) is 10.2 Å². The van der Waals surface area contributed by atoms with Crippen LogP contribution in [0.5, 0.6) is 0 Å². The van der Waals surface area contributed by atoms with Crippen LogP contribution in [0.1, 0.15) is 72.8 Å². The van der Waals surface area contributed by atoms with Gasteiger partial charge in [-0.2, -0.15) is 5.21 Å². The van der Waals surface area contributed by atoms with Gasteiger partial charge in [0.2, 0.25) is 0 Å². The summed E-state index contributed by atoms with van der Waals surface area (Å²) >= 11 is 0. The number of rotatable bonds is 12. The highest BCUT2D eigenvalue weighted by Gasteiger charge is 2.41. The van der Waals surface area contributed by atoms with Gasteiger partial charge in [0.1, 0.15) is 11.5 Å². The van der Waals surface area contributed by atoms with E-state index in [1.54, 1.807) is 24.4 Å². The highest BCUT2D eigenvalue weighted by Crippen LogP contribution is 2.26. The van der Waals surface area contributed by atoms with Gasteiger partial charge in [0.15, 0.2) is 5.82 Å². The Bertz CT molecular complexity index is 1300. The van der Waals surface area contributed by atoms with Crippen LogP contribution in [0, 0.1) is 0 Å². The maximum atomic E-state index is 13.4. The number of nitrogens with zero attached hydrogens (tertiary/aromatic N) is 7. The molecule has 1 aliphatic rings. The summed E-state index contributed by atoms with van der Waals surface area (Å²) in [7, 11) is 1.35. The smallest absolute Gasteiger partial charge is 0.337 e. The summed E-state index contributed by atoms with van der Waals surface area (Å²) in [6.45, 7) is 4.95. The number of imidazole rings is 1. The molecule has 0 bridgehead atoms. The van der Waals surface area contributed by atoms with Crippen molar-refractivity contribution in [2.45, 2.75) is 59.0 Å². The number of H-pyrrole nitrogens is 1. The Labute approximate surface area is 220 Å². The fraction of sp³-hybridized carbons (Fsp3) is 0.423. The Morgan fingerprint density at radius 1 is 1.05 bits per heavy atom. The van der Waals surface area contributed by atoms with Gasteiger partial charge in [-0.05, 0) is 36.6 Å². The number of hydrogen-bond acceptors (Lipinski definition) is 8. The van der Waals surface area contributed by atoms with E-state index in [0.717, 1.165) is 37.1 Å². The van der Waals surface area contributed by atoms with Gasteiger partial charge < -0.3 is 9.30 Å². The molecule has 4 rings (SSSR count). The molecule has 1 saturated heterocycles. The molecule has 12 nitrogen and oxygen atoms in total. The summed E-state index contributed by atoms with van der Waals surface area (Å²) in [5, 5.41) is 13.9. The first-order valence-corrected chi connectivity index (χ1v) is 12.8. The molecule has 1 N–H and O–H groups in total. The average molecular weight is 521 g/mol. The lowest BCUT2D eigenvalue weighted by molar-refractivity contribution is -0.123. The SMILES string of the molecule is CCCCc1ncc(C=C2C(=O)N(CCCC)C(=O)N2Cc2nn[nH]n2)n1Cc1ccc(C(=O)OC)cc1. The van der Waals surface area contributed by atoms with Crippen LogP contribution in [0.3, 0.4) is 0 Å². The maximum absolute atomic E-state index is 13.4. The van der Waals surface area contributed by atoms with E-state index in [0.29, 0.717) is 36.6 Å². The Kier molecular flexibility index (Phi) is 8.62. The van der Waals surface area contributed by atoms with Gasteiger partial charge >= 0.3 is 12.0 Å². The normalized spacial score (nSPS) is 14.7. The zero-order valence-electron chi connectivity index (χ0n) is 21.9. The number of aromatic nitrogens is 6. The number of imide groups is 1. The zero-order valence-corrected chi connectivity index (χ0v) is 21.9. The third-order valence-electron chi connectivity index (χ3n) is 6.36. The number of esters is 1. The van der Waals surface area contributed by atoms with Crippen LogP contribution in [0.15, 0.2) is 36.2 Å². The number of tetrazole rings is 1. The number of ether oxygens (including phenoxy) is 1. The van der Waals surface area contributed by atoms with E-state index in [9.17, 15) is 14.4 Å². The van der Waals surface area contributed by atoms with Crippen molar-refractivity contribution in [1.29, 1.82) is 0 Å². The monoisotopic (exact) mass is 520 g/mol. The molecule has 0 atom stereocenters. The van der Waals surface area contributed by atoms with Crippen molar-refractivity contribution in [3.8, 4) is 0 Å². The van der Waals surface area contributed by atoms with Crippen LogP contribution in [-0.4, -0.2) is 71.5 Å². The minimum absolute atomic E-state index is 0.0152. The van der Waals surface area contributed by atoms with Gasteiger partial charge in [-0.1, -0.05) is 44.0 Å². The van der Waals surface area contributed by atoms with Gasteiger partial charge in [0.25, 0.3) is 5.91 Å². The highest BCUT2D eigenvalue weighted by atomic mass is 16.5. The van der Waals surface area contributed by atoms with Crippen LogP contribution < -0.4 is 0 Å². The Balaban J connectivity index is 1.70. The van der Waals surface area contributed by atoms with Crippen molar-refractivity contribution in [1.82, 2.24) is 40.0 Å². The topological polar surface area (TPSA) is 139 Å². The van der Waals surface area contributed by atoms with Crippen molar-refractivity contribution < 1.29 is 19.1 Å². The van der Waals surface area contributed by atoms with Crippen LogP contribution in [0.2, 0.25) is 0 Å². The Morgan fingerprint density at radius 2 is 1.82 bits per heavy atom. The summed E-state index contributed by atoms with van der Waals surface area (Å²) in [6, 6.07) is 6.77. The number of nitrogens with one attached hydrogen (secondary N) is 1. The zero-order chi connectivity index (χ0) is 27.1. The summed E-state index contributed by atoms with van der Waals surface area (Å²) in [4.78, 5) is 45.7. The van der Waals surface area contributed by atoms with Crippen molar-refractivity contribution in [2.24, 2.45) is 0 Å². The molecule has 38 heavy (non-hydrogen) atoms. The highest BCUT2D eigenvalue weighted by molar-refractivity contribution is 6.13. The predicted molar refractivity (Wildman–Crippen MR) is 137 cm³/mol. The Morgan fingerprint density at radius 3 is 2.47 bits per heavy atom. The van der Waals surface area contributed by atoms with Crippen molar-refractivity contribution >= 4 is 24.0 Å². The van der Waals surface area contributed by atoms with Crippen LogP contribution in [-0.2, 0) is 29.0 Å². The average Bonchev–Trinajstić information content (AvgIpc) is 3.63. The summed E-state index contributed by atoms with van der Waals surface area (Å²) in [6.07, 6.45) is 7.72. The molecular formula is C26H32N8O4. The van der Waals surface area contributed by atoms with E-state index in [1.807, 2.05) is 23.6 Å². The number of hydrogen-bond donors (Lipinski definition) is 1. The number of unbranched alkanes of at least 4 members (excludes halogenated alkanes) is 2. The summed E-state index contributed by atoms with van der Waals surface area (Å²) in [5.74, 6) is 0.418. The van der Waals surface area contributed by atoms with Crippen LogP contribution >= 0.6 is 0 Å². The molecule has 0 unspecified atom stereocenters. The largest absolute Gasteiger partial charge is 0.465 e. The van der Waals surface area contributed by atoms with Gasteiger partial charge in [-0.25, -0.2) is 14.6 Å². The van der Waals surface area contributed by atoms with Gasteiger partial charge in [-0.3, -0.25) is 14.6 Å². The molecule has 1 fully saturated rings. The minimum atomic E-state index is -0.407. The van der Waals surface area contributed by atoms with Crippen molar-refractivity contribution in [3.05, 3.63) is 64.6 Å². The van der Waals surface area contributed by atoms with Gasteiger partial charge in [0, 0.05) is 19.5 Å². The van der Waals surface area contributed by atoms with E-state index < -0.39 is 12.0 Å². The number of methoxy groups -OCH3 is 1. The number of benzene rings is 1. The number of carbonyl (C=O) groups excluding carboxylic acids is 3. The summed E-state index contributed by atoms with van der Waals surface area (Å²) < 4.78 is 6.83. The van der Waals surface area contributed by atoms with E-state index in [2.05, 4.69) is 32.5 Å². The molecule has 0 saturated carbocycles. The first-order chi connectivity index (χ1) is 18.5. The maximum Gasteiger partial charge on any atom is 0.337 e. The standard InChI is InChI=1S/C26H32N8O4/c1-4-6-8-23-27-15-20(33(23)16-18-9-11-19(12-10-18)25(36)38-3)14-21-24(35)32(13-7-5-2)26(37)34(21)17-22-28-30-31-29-22/h9-12,14-15H,4-8,13,16-17H2,1-3H3,(H,28,29,30,31). The minimum Gasteiger partial charge on any atom is -0.465 e. The third-order valence-corrected chi connectivity index (χ3v) is 6.36. The number of urea groups is 1. The lowest BCUT2D eigenvalue weighted by atomic mass is 10.1. The molecule has 12 heteroatoms. The van der Waals surface area contributed by atoms with E-state index in [-0.39, 0.29) is 18.1 Å². The van der Waals surface area contributed by atoms with E-state index in [1.165, 1.54) is 16.9 Å². The molecule has 0 aliphatic carbocycles. The second kappa shape index (κ2) is 12.3. The van der Waals surface area contributed by atoms with Crippen LogP contribution in [0.4, 0.5) is 4.79 Å². The lowest BCUT2D eigenvalue weighted by Crippen LogP contribution is -2.33. The van der Waals surface area contributed by atoms with Crippen molar-refractivity contribution in [2.75, 3.05) is 13.7 Å². The molecule has 3 amide bonds. The van der Waals surface area contributed by atoms with Crippen LogP contribution in [0.25, 0.3) is 6.08 Å². The molecule has 200 valence electrons. The third kappa shape index (κ3) is 5.79.